The van der Waals surface area contributed by atoms with E-state index in [1.807, 2.05) is 60.7 Å². The zero-order chi connectivity index (χ0) is 20.8. The van der Waals surface area contributed by atoms with Crippen LogP contribution in [0, 0.1) is 5.92 Å². The lowest BCUT2D eigenvalue weighted by atomic mass is 9.83. The highest BCUT2D eigenvalue weighted by Crippen LogP contribution is 2.38. The average molecular weight is 394 g/mol. The van der Waals surface area contributed by atoms with Gasteiger partial charge in [0.25, 0.3) is 0 Å². The number of carboxylic acid groups (broad SMARTS) is 1. The number of carboxylic acids is 1. The first-order chi connectivity index (χ1) is 14.0. The van der Waals surface area contributed by atoms with Crippen LogP contribution in [0.4, 0.5) is 0 Å². The van der Waals surface area contributed by atoms with Crippen molar-refractivity contribution in [3.8, 4) is 0 Å². The number of rotatable bonds is 7. The van der Waals surface area contributed by atoms with Gasteiger partial charge in [0, 0.05) is 19.0 Å². The monoisotopic (exact) mass is 394 g/mol. The number of aliphatic carboxylic acids is 1. The van der Waals surface area contributed by atoms with E-state index in [4.69, 9.17) is 5.11 Å². The molecule has 2 aromatic rings. The fraction of sp³-hybridized carbons (Fsp3) is 0.348. The molecule has 1 aliphatic heterocycles. The largest absolute Gasteiger partial charge is 0.481 e. The molecule has 3 rings (SSSR count). The van der Waals surface area contributed by atoms with Gasteiger partial charge in [-0.25, -0.2) is 0 Å². The molecule has 29 heavy (non-hydrogen) atoms. The topological polar surface area (TPSA) is 86.7 Å². The highest BCUT2D eigenvalue weighted by molar-refractivity contribution is 5.85. The number of likely N-dealkylation sites (tertiary alicyclic amines) is 1. The van der Waals surface area contributed by atoms with Crippen LogP contribution >= 0.6 is 0 Å². The maximum Gasteiger partial charge on any atom is 0.305 e. The summed E-state index contributed by atoms with van der Waals surface area (Å²) in [5.74, 6) is -1.58. The van der Waals surface area contributed by atoms with E-state index in [2.05, 4.69) is 5.32 Å². The Bertz CT molecular complexity index is 854. The third-order valence-corrected chi connectivity index (χ3v) is 5.25. The SMILES string of the molecule is CC(CC(=O)O)NC(=O)C1CCC(=O)N(Cc2ccccc2)C1c1ccccc1. The number of carbonyl (C=O) groups excluding carboxylic acids is 2. The molecule has 1 aliphatic rings. The second kappa shape index (κ2) is 9.37. The molecule has 0 saturated carbocycles. The number of nitrogens with zero attached hydrogens (tertiary/aromatic N) is 1. The summed E-state index contributed by atoms with van der Waals surface area (Å²) in [5, 5.41) is 11.8. The molecule has 2 aromatic carbocycles. The minimum atomic E-state index is -0.957. The van der Waals surface area contributed by atoms with Gasteiger partial charge in [-0.2, -0.15) is 0 Å². The Morgan fingerprint density at radius 3 is 2.34 bits per heavy atom. The Morgan fingerprint density at radius 1 is 1.10 bits per heavy atom. The molecule has 0 aromatic heterocycles. The molecule has 1 saturated heterocycles. The van der Waals surface area contributed by atoms with Gasteiger partial charge in [0.15, 0.2) is 0 Å². The van der Waals surface area contributed by atoms with Crippen molar-refractivity contribution in [3.63, 3.8) is 0 Å². The third kappa shape index (κ3) is 5.22. The standard InChI is InChI=1S/C23H26N2O4/c1-16(14-21(27)28)24-23(29)19-12-13-20(26)25(15-17-8-4-2-5-9-17)22(19)18-10-6-3-7-11-18/h2-11,16,19,22H,12-15H2,1H3,(H,24,29)(H,27,28). The van der Waals surface area contributed by atoms with E-state index in [0.717, 1.165) is 11.1 Å². The van der Waals surface area contributed by atoms with Gasteiger partial charge < -0.3 is 15.3 Å². The molecule has 152 valence electrons. The van der Waals surface area contributed by atoms with E-state index in [0.29, 0.717) is 19.4 Å². The number of nitrogens with one attached hydrogen (secondary N) is 1. The lowest BCUT2D eigenvalue weighted by Crippen LogP contribution is -2.49. The van der Waals surface area contributed by atoms with Crippen LogP contribution in [0.1, 0.15) is 43.4 Å². The summed E-state index contributed by atoms with van der Waals surface area (Å²) in [6.07, 6.45) is 0.595. The van der Waals surface area contributed by atoms with Crippen molar-refractivity contribution in [1.82, 2.24) is 10.2 Å². The molecule has 1 fully saturated rings. The number of hydrogen-bond donors (Lipinski definition) is 2. The van der Waals surface area contributed by atoms with Gasteiger partial charge in [-0.15, -0.1) is 0 Å². The molecular formula is C23H26N2O4. The number of amides is 2. The molecule has 2 N–H and O–H groups in total. The molecule has 0 radical (unpaired) electrons. The summed E-state index contributed by atoms with van der Waals surface area (Å²) >= 11 is 0. The second-order valence-corrected chi connectivity index (χ2v) is 7.52. The van der Waals surface area contributed by atoms with Crippen LogP contribution in [0.25, 0.3) is 0 Å². The van der Waals surface area contributed by atoms with E-state index in [1.165, 1.54) is 0 Å². The minimum absolute atomic E-state index is 0.0188. The molecule has 0 spiro atoms. The van der Waals surface area contributed by atoms with Crippen molar-refractivity contribution in [2.24, 2.45) is 5.92 Å². The smallest absolute Gasteiger partial charge is 0.305 e. The zero-order valence-corrected chi connectivity index (χ0v) is 16.5. The summed E-state index contributed by atoms with van der Waals surface area (Å²) in [7, 11) is 0. The number of hydrogen-bond acceptors (Lipinski definition) is 3. The molecule has 3 unspecified atom stereocenters. The summed E-state index contributed by atoms with van der Waals surface area (Å²) in [6, 6.07) is 18.4. The second-order valence-electron chi connectivity index (χ2n) is 7.52. The van der Waals surface area contributed by atoms with Crippen LogP contribution in [-0.2, 0) is 20.9 Å². The number of piperidine rings is 1. The van der Waals surface area contributed by atoms with Gasteiger partial charge in [-0.3, -0.25) is 14.4 Å². The van der Waals surface area contributed by atoms with E-state index >= 15 is 0 Å². The number of carbonyl (C=O) groups is 3. The third-order valence-electron chi connectivity index (χ3n) is 5.25. The van der Waals surface area contributed by atoms with E-state index in [1.54, 1.807) is 11.8 Å². The van der Waals surface area contributed by atoms with Crippen LogP contribution in [-0.4, -0.2) is 33.8 Å². The molecule has 0 bridgehead atoms. The maximum atomic E-state index is 13.0. The maximum absolute atomic E-state index is 13.0. The van der Waals surface area contributed by atoms with Crippen molar-refractivity contribution >= 4 is 17.8 Å². The predicted octanol–water partition coefficient (Wildman–Crippen LogP) is 3.15. The van der Waals surface area contributed by atoms with Crippen molar-refractivity contribution in [2.45, 2.75) is 44.8 Å². The van der Waals surface area contributed by atoms with Gasteiger partial charge in [-0.1, -0.05) is 60.7 Å². The van der Waals surface area contributed by atoms with Crippen LogP contribution < -0.4 is 5.32 Å². The quantitative estimate of drug-likeness (QED) is 0.755. The van der Waals surface area contributed by atoms with Crippen LogP contribution in [0.15, 0.2) is 60.7 Å². The molecule has 6 heteroatoms. The van der Waals surface area contributed by atoms with Crippen molar-refractivity contribution < 1.29 is 19.5 Å². The summed E-state index contributed by atoms with van der Waals surface area (Å²) in [4.78, 5) is 38.6. The molecular weight excluding hydrogens is 368 g/mol. The zero-order valence-electron chi connectivity index (χ0n) is 16.5. The highest BCUT2D eigenvalue weighted by atomic mass is 16.4. The molecule has 6 nitrogen and oxygen atoms in total. The van der Waals surface area contributed by atoms with Gasteiger partial charge in [0.05, 0.1) is 18.4 Å². The summed E-state index contributed by atoms with van der Waals surface area (Å²) in [5.41, 5.74) is 1.91. The normalized spacial score (nSPS) is 20.2. The fourth-order valence-corrected chi connectivity index (χ4v) is 3.92. The summed E-state index contributed by atoms with van der Waals surface area (Å²) in [6.45, 7) is 2.10. The van der Waals surface area contributed by atoms with E-state index < -0.39 is 24.0 Å². The van der Waals surface area contributed by atoms with Crippen molar-refractivity contribution in [3.05, 3.63) is 71.8 Å². The number of benzene rings is 2. The average Bonchev–Trinajstić information content (AvgIpc) is 2.70. The minimum Gasteiger partial charge on any atom is -0.481 e. The van der Waals surface area contributed by atoms with Crippen LogP contribution in [0.3, 0.4) is 0 Å². The van der Waals surface area contributed by atoms with E-state index in [9.17, 15) is 14.4 Å². The van der Waals surface area contributed by atoms with Gasteiger partial charge >= 0.3 is 5.97 Å². The van der Waals surface area contributed by atoms with Gasteiger partial charge in [0.2, 0.25) is 11.8 Å². The lowest BCUT2D eigenvalue weighted by molar-refractivity contribution is -0.144. The Morgan fingerprint density at radius 2 is 1.72 bits per heavy atom. The first kappa shape index (κ1) is 20.6. The highest BCUT2D eigenvalue weighted by Gasteiger charge is 2.40. The van der Waals surface area contributed by atoms with Crippen LogP contribution in [0.2, 0.25) is 0 Å². The Kier molecular flexibility index (Phi) is 6.65. The molecule has 2 amide bonds. The van der Waals surface area contributed by atoms with E-state index in [-0.39, 0.29) is 18.2 Å². The van der Waals surface area contributed by atoms with Gasteiger partial charge in [-0.05, 0) is 24.5 Å². The first-order valence-corrected chi connectivity index (χ1v) is 9.86. The molecule has 1 heterocycles. The Balaban J connectivity index is 1.89. The van der Waals surface area contributed by atoms with Crippen molar-refractivity contribution in [1.29, 1.82) is 0 Å². The fourth-order valence-electron chi connectivity index (χ4n) is 3.92. The Hall–Kier alpha value is -3.15. The predicted molar refractivity (Wildman–Crippen MR) is 109 cm³/mol. The first-order valence-electron chi connectivity index (χ1n) is 9.86. The lowest BCUT2D eigenvalue weighted by Gasteiger charge is -2.41. The molecule has 0 aliphatic carbocycles. The Labute approximate surface area is 170 Å². The summed E-state index contributed by atoms with van der Waals surface area (Å²) < 4.78 is 0. The van der Waals surface area contributed by atoms with Crippen LogP contribution in [0.5, 0.6) is 0 Å². The van der Waals surface area contributed by atoms with Crippen molar-refractivity contribution in [2.75, 3.05) is 0 Å². The molecule has 3 atom stereocenters. The van der Waals surface area contributed by atoms with Gasteiger partial charge in [0.1, 0.15) is 0 Å².